The smallest absolute Gasteiger partial charge is 0.380 e. The van der Waals surface area contributed by atoms with Gasteiger partial charge < -0.3 is 10.6 Å². The van der Waals surface area contributed by atoms with E-state index in [2.05, 4.69) is 5.32 Å². The molecule has 0 spiro atoms. The molecule has 10 heteroatoms. The molecule has 2 rings (SSSR count). The molecule has 2 aromatic rings. The van der Waals surface area contributed by atoms with Crippen LogP contribution in [0.1, 0.15) is 15.9 Å². The highest BCUT2D eigenvalue weighted by Crippen LogP contribution is 2.19. The second-order valence-corrected chi connectivity index (χ2v) is 8.28. The van der Waals surface area contributed by atoms with Gasteiger partial charge in [-0.1, -0.05) is 24.3 Å². The van der Waals surface area contributed by atoms with Crippen molar-refractivity contribution in [2.45, 2.75) is 17.6 Å². The number of carbonyl (C=O) groups excluding carboxylic acids is 1. The Morgan fingerprint density at radius 1 is 1.07 bits per heavy atom. The molecule has 1 amide bonds. The van der Waals surface area contributed by atoms with Crippen LogP contribution < -0.4 is 10.6 Å². The average Bonchev–Trinajstić information content (AvgIpc) is 2.64. The van der Waals surface area contributed by atoms with Crippen molar-refractivity contribution >= 4 is 21.6 Å². The molecule has 0 bridgehead atoms. The molecule has 152 valence electrons. The molecule has 0 aromatic heterocycles. The van der Waals surface area contributed by atoms with Gasteiger partial charge in [0.05, 0.1) is 10.5 Å². The van der Waals surface area contributed by atoms with E-state index < -0.39 is 28.7 Å². The number of benzene rings is 2. The lowest BCUT2D eigenvalue weighted by Gasteiger charge is -2.15. The van der Waals surface area contributed by atoms with E-state index in [0.717, 1.165) is 4.31 Å². The van der Waals surface area contributed by atoms with Gasteiger partial charge in [-0.05, 0) is 29.8 Å². The highest BCUT2D eigenvalue weighted by atomic mass is 32.2. The van der Waals surface area contributed by atoms with E-state index in [1.165, 1.54) is 38.4 Å². The number of halogens is 3. The quantitative estimate of drug-likeness (QED) is 0.729. The first-order valence-electron chi connectivity index (χ1n) is 8.20. The van der Waals surface area contributed by atoms with Gasteiger partial charge in [-0.15, -0.1) is 0 Å². The number of rotatable bonds is 7. The molecule has 0 saturated heterocycles. The Labute approximate surface area is 161 Å². The number of sulfonamides is 1. The van der Waals surface area contributed by atoms with Crippen molar-refractivity contribution in [3.05, 3.63) is 59.7 Å². The number of nitrogens with zero attached hydrogens (tertiary/aromatic N) is 1. The zero-order valence-electron chi connectivity index (χ0n) is 15.2. The van der Waals surface area contributed by atoms with Crippen LogP contribution in [0, 0.1) is 0 Å². The summed E-state index contributed by atoms with van der Waals surface area (Å²) in [5.41, 5.74) is 1.03. The summed E-state index contributed by atoms with van der Waals surface area (Å²) in [4.78, 5) is 12.2. The third kappa shape index (κ3) is 5.70. The Morgan fingerprint density at radius 2 is 1.75 bits per heavy atom. The summed E-state index contributed by atoms with van der Waals surface area (Å²) < 4.78 is 62.5. The van der Waals surface area contributed by atoms with Crippen molar-refractivity contribution in [1.82, 2.24) is 9.62 Å². The minimum absolute atomic E-state index is 0.0591. The van der Waals surface area contributed by atoms with Crippen molar-refractivity contribution in [2.75, 3.05) is 26.0 Å². The van der Waals surface area contributed by atoms with Gasteiger partial charge in [0.25, 0.3) is 5.91 Å². The fraction of sp³-hybridized carbons (Fsp3) is 0.278. The molecule has 0 radical (unpaired) electrons. The molecule has 0 aliphatic rings. The summed E-state index contributed by atoms with van der Waals surface area (Å²) in [5.74, 6) is -0.857. The van der Waals surface area contributed by atoms with Crippen LogP contribution in [0.15, 0.2) is 53.4 Å². The Kier molecular flexibility index (Phi) is 6.68. The molecule has 0 fully saturated rings. The van der Waals surface area contributed by atoms with Crippen LogP contribution in [-0.2, 0) is 16.6 Å². The van der Waals surface area contributed by atoms with Crippen LogP contribution in [0.25, 0.3) is 0 Å². The Bertz CT molecular complexity index is 944. The summed E-state index contributed by atoms with van der Waals surface area (Å²) in [6, 6.07) is 12.4. The fourth-order valence-corrected chi connectivity index (χ4v) is 3.31. The molecule has 0 atom stereocenters. The maximum Gasteiger partial charge on any atom is 0.405 e. The summed E-state index contributed by atoms with van der Waals surface area (Å²) in [6.07, 6.45) is -4.50. The van der Waals surface area contributed by atoms with E-state index in [9.17, 15) is 26.4 Å². The second-order valence-electron chi connectivity index (χ2n) is 6.13. The predicted octanol–water partition coefficient (Wildman–Crippen LogP) is 2.84. The van der Waals surface area contributed by atoms with Crippen LogP contribution in [0.4, 0.5) is 18.9 Å². The Hall–Kier alpha value is -2.59. The van der Waals surface area contributed by atoms with E-state index >= 15 is 0 Å². The molecule has 0 unspecified atom stereocenters. The van der Waals surface area contributed by atoms with Crippen LogP contribution in [0.3, 0.4) is 0 Å². The summed E-state index contributed by atoms with van der Waals surface area (Å²) in [5, 5.41) is 4.80. The fourth-order valence-electron chi connectivity index (χ4n) is 2.34. The SMILES string of the molecule is CN(C)S(=O)(=O)c1cccc(CNc2ccccc2C(=O)NCC(F)(F)F)c1. The number of carbonyl (C=O) groups is 1. The molecular formula is C18H20F3N3O3S. The lowest BCUT2D eigenvalue weighted by atomic mass is 10.1. The largest absolute Gasteiger partial charge is 0.405 e. The van der Waals surface area contributed by atoms with Crippen LogP contribution in [-0.4, -0.2) is 45.4 Å². The predicted molar refractivity (Wildman–Crippen MR) is 99.5 cm³/mol. The Morgan fingerprint density at radius 3 is 2.39 bits per heavy atom. The first-order chi connectivity index (χ1) is 13.0. The first kappa shape index (κ1) is 21.7. The van der Waals surface area contributed by atoms with E-state index in [-0.39, 0.29) is 17.0 Å². The van der Waals surface area contributed by atoms with Crippen molar-refractivity contribution in [2.24, 2.45) is 0 Å². The van der Waals surface area contributed by atoms with Gasteiger partial charge in [-0.3, -0.25) is 4.79 Å². The van der Waals surface area contributed by atoms with Gasteiger partial charge in [0.15, 0.2) is 0 Å². The zero-order chi connectivity index (χ0) is 20.9. The molecule has 2 N–H and O–H groups in total. The van der Waals surface area contributed by atoms with Gasteiger partial charge in [0, 0.05) is 26.3 Å². The van der Waals surface area contributed by atoms with Crippen LogP contribution in [0.5, 0.6) is 0 Å². The normalized spacial score (nSPS) is 12.1. The van der Waals surface area contributed by atoms with Crippen molar-refractivity contribution in [3.63, 3.8) is 0 Å². The maximum absolute atomic E-state index is 12.3. The lowest BCUT2D eigenvalue weighted by molar-refractivity contribution is -0.123. The molecular weight excluding hydrogens is 395 g/mol. The topological polar surface area (TPSA) is 78.5 Å². The minimum Gasteiger partial charge on any atom is -0.380 e. The van der Waals surface area contributed by atoms with E-state index in [1.54, 1.807) is 24.3 Å². The summed E-state index contributed by atoms with van der Waals surface area (Å²) in [6.45, 7) is -1.25. The van der Waals surface area contributed by atoms with E-state index in [0.29, 0.717) is 11.3 Å². The van der Waals surface area contributed by atoms with Gasteiger partial charge in [0.1, 0.15) is 6.54 Å². The number of hydrogen-bond donors (Lipinski definition) is 2. The number of nitrogens with one attached hydrogen (secondary N) is 2. The van der Waals surface area contributed by atoms with Crippen LogP contribution >= 0.6 is 0 Å². The maximum atomic E-state index is 12.3. The number of hydrogen-bond acceptors (Lipinski definition) is 4. The van der Waals surface area contributed by atoms with Crippen molar-refractivity contribution < 1.29 is 26.4 Å². The van der Waals surface area contributed by atoms with Gasteiger partial charge in [0.2, 0.25) is 10.0 Å². The second kappa shape index (κ2) is 8.61. The van der Waals surface area contributed by atoms with Crippen molar-refractivity contribution in [3.8, 4) is 0 Å². The van der Waals surface area contributed by atoms with E-state index in [4.69, 9.17) is 0 Å². The molecule has 6 nitrogen and oxygen atoms in total. The molecule has 28 heavy (non-hydrogen) atoms. The third-order valence-corrected chi connectivity index (χ3v) is 5.59. The zero-order valence-corrected chi connectivity index (χ0v) is 16.1. The first-order valence-corrected chi connectivity index (χ1v) is 9.64. The minimum atomic E-state index is -4.50. The number of amides is 1. The monoisotopic (exact) mass is 415 g/mol. The lowest BCUT2D eigenvalue weighted by Crippen LogP contribution is -2.34. The van der Waals surface area contributed by atoms with Gasteiger partial charge in [-0.2, -0.15) is 13.2 Å². The van der Waals surface area contributed by atoms with Crippen molar-refractivity contribution in [1.29, 1.82) is 0 Å². The molecule has 0 saturated carbocycles. The average molecular weight is 415 g/mol. The van der Waals surface area contributed by atoms with E-state index in [1.807, 2.05) is 5.32 Å². The standard InChI is InChI=1S/C18H20F3N3O3S/c1-24(2)28(26,27)14-7-5-6-13(10-14)11-22-16-9-4-3-8-15(16)17(25)23-12-18(19,20)21/h3-10,22H,11-12H2,1-2H3,(H,23,25). The van der Waals surface area contributed by atoms with Crippen LogP contribution in [0.2, 0.25) is 0 Å². The van der Waals surface area contributed by atoms with Gasteiger partial charge in [-0.25, -0.2) is 12.7 Å². The summed E-state index contributed by atoms with van der Waals surface area (Å²) in [7, 11) is -0.737. The molecule has 0 aliphatic heterocycles. The Balaban J connectivity index is 2.15. The number of alkyl halides is 3. The molecule has 0 heterocycles. The highest BCUT2D eigenvalue weighted by Gasteiger charge is 2.28. The third-order valence-electron chi connectivity index (χ3n) is 3.78. The number of para-hydroxylation sites is 1. The highest BCUT2D eigenvalue weighted by molar-refractivity contribution is 7.89. The molecule has 0 aliphatic carbocycles. The van der Waals surface area contributed by atoms with Gasteiger partial charge >= 0.3 is 6.18 Å². The molecule has 2 aromatic carbocycles. The summed E-state index contributed by atoms with van der Waals surface area (Å²) >= 11 is 0. The number of anilines is 1.